The first-order chi connectivity index (χ1) is 5.70. The first-order valence-electron chi connectivity index (χ1n) is 3.92. The Kier molecular flexibility index (Phi) is 6.29. The highest BCUT2D eigenvalue weighted by molar-refractivity contribution is 5.12. The van der Waals surface area contributed by atoms with Crippen molar-refractivity contribution in [3.05, 3.63) is 36.7 Å². The van der Waals surface area contributed by atoms with E-state index in [-0.39, 0.29) is 12.2 Å². The maximum atomic E-state index is 12.8. The number of halogens is 1. The van der Waals surface area contributed by atoms with Crippen LogP contribution < -0.4 is 0 Å². The van der Waals surface area contributed by atoms with E-state index in [1.807, 2.05) is 6.92 Å². The second-order valence-corrected chi connectivity index (χ2v) is 2.41. The molecule has 68 valence electrons. The van der Waals surface area contributed by atoms with Gasteiger partial charge in [-0.2, -0.15) is 0 Å². The van der Waals surface area contributed by atoms with E-state index in [9.17, 15) is 4.39 Å². The van der Waals surface area contributed by atoms with E-state index in [2.05, 4.69) is 13.2 Å². The Morgan fingerprint density at radius 3 is 2.75 bits per heavy atom. The summed E-state index contributed by atoms with van der Waals surface area (Å²) in [4.78, 5) is 0. The lowest BCUT2D eigenvalue weighted by molar-refractivity contribution is 0.169. The molecule has 0 amide bonds. The van der Waals surface area contributed by atoms with E-state index >= 15 is 0 Å². The van der Waals surface area contributed by atoms with Crippen LogP contribution in [0.3, 0.4) is 0 Å². The van der Waals surface area contributed by atoms with Crippen LogP contribution >= 0.6 is 0 Å². The Balaban J connectivity index is 3.68. The minimum atomic E-state index is -0.227. The number of hydrogen-bond acceptors (Lipinski definition) is 1. The Morgan fingerprint density at radius 2 is 2.25 bits per heavy atom. The van der Waals surface area contributed by atoms with Crippen LogP contribution in [0.2, 0.25) is 0 Å². The molecule has 0 aliphatic heterocycles. The molecule has 0 aliphatic carbocycles. The molecule has 0 saturated carbocycles. The normalized spacial score (nSPS) is 11.3. The van der Waals surface area contributed by atoms with Gasteiger partial charge in [-0.15, -0.1) is 0 Å². The maximum Gasteiger partial charge on any atom is 0.104 e. The summed E-state index contributed by atoms with van der Waals surface area (Å²) in [7, 11) is 0. The van der Waals surface area contributed by atoms with Gasteiger partial charge in [0.1, 0.15) is 5.83 Å². The van der Waals surface area contributed by atoms with Crippen LogP contribution in [0.25, 0.3) is 0 Å². The van der Waals surface area contributed by atoms with Crippen molar-refractivity contribution in [3.8, 4) is 0 Å². The molecule has 0 aromatic carbocycles. The molecule has 2 heteroatoms. The molecule has 0 rings (SSSR count). The quantitative estimate of drug-likeness (QED) is 0.440. The van der Waals surface area contributed by atoms with Crippen molar-refractivity contribution >= 4 is 0 Å². The van der Waals surface area contributed by atoms with Gasteiger partial charge in [0.25, 0.3) is 0 Å². The SMILES string of the molecule is C=C/C=C(/F)CC(=C)COCC. The van der Waals surface area contributed by atoms with E-state index in [0.717, 1.165) is 5.57 Å². The summed E-state index contributed by atoms with van der Waals surface area (Å²) in [5, 5.41) is 0. The number of ether oxygens (including phenoxy) is 1. The standard InChI is InChI=1S/C10H15FO/c1-4-6-10(11)7-9(3)8-12-5-2/h4,6H,1,3,5,7-8H2,2H3/b10-6+. The molecule has 0 aliphatic rings. The summed E-state index contributed by atoms with van der Waals surface area (Å²) < 4.78 is 17.8. The topological polar surface area (TPSA) is 9.23 Å². The Bertz CT molecular complexity index is 182. The lowest BCUT2D eigenvalue weighted by atomic mass is 10.2. The lowest BCUT2D eigenvalue weighted by Gasteiger charge is -2.02. The molecule has 0 saturated heterocycles. The van der Waals surface area contributed by atoms with Gasteiger partial charge in [-0.3, -0.25) is 0 Å². The lowest BCUT2D eigenvalue weighted by Crippen LogP contribution is -1.96. The van der Waals surface area contributed by atoms with E-state index < -0.39 is 0 Å². The second kappa shape index (κ2) is 6.80. The van der Waals surface area contributed by atoms with Gasteiger partial charge < -0.3 is 4.74 Å². The molecule has 0 N–H and O–H groups in total. The second-order valence-electron chi connectivity index (χ2n) is 2.41. The fourth-order valence-electron chi connectivity index (χ4n) is 0.723. The van der Waals surface area contributed by atoms with Crippen LogP contribution in [-0.4, -0.2) is 13.2 Å². The van der Waals surface area contributed by atoms with Gasteiger partial charge in [0.15, 0.2) is 0 Å². The zero-order chi connectivity index (χ0) is 9.40. The first kappa shape index (κ1) is 11.1. The molecule has 0 heterocycles. The Morgan fingerprint density at radius 1 is 1.58 bits per heavy atom. The van der Waals surface area contributed by atoms with Crippen LogP contribution in [0.4, 0.5) is 4.39 Å². The van der Waals surface area contributed by atoms with Crippen molar-refractivity contribution in [1.82, 2.24) is 0 Å². The summed E-state index contributed by atoms with van der Waals surface area (Å²) in [5.74, 6) is -0.227. The highest BCUT2D eigenvalue weighted by atomic mass is 19.1. The number of rotatable bonds is 6. The van der Waals surface area contributed by atoms with E-state index in [0.29, 0.717) is 13.2 Å². The zero-order valence-electron chi connectivity index (χ0n) is 7.48. The molecule has 0 aromatic rings. The molecule has 1 nitrogen and oxygen atoms in total. The smallest absolute Gasteiger partial charge is 0.104 e. The van der Waals surface area contributed by atoms with E-state index in [4.69, 9.17) is 4.74 Å². The fourth-order valence-corrected chi connectivity index (χ4v) is 0.723. The van der Waals surface area contributed by atoms with Gasteiger partial charge >= 0.3 is 0 Å². The molecule has 0 radical (unpaired) electrons. The summed E-state index contributed by atoms with van der Waals surface area (Å²) in [6, 6.07) is 0. The largest absolute Gasteiger partial charge is 0.377 e. The molecule has 0 fully saturated rings. The van der Waals surface area contributed by atoms with Gasteiger partial charge in [-0.05, 0) is 18.6 Å². The third-order valence-corrected chi connectivity index (χ3v) is 1.23. The maximum absolute atomic E-state index is 12.8. The van der Waals surface area contributed by atoms with Crippen LogP contribution in [-0.2, 0) is 4.74 Å². The van der Waals surface area contributed by atoms with Crippen molar-refractivity contribution in [1.29, 1.82) is 0 Å². The van der Waals surface area contributed by atoms with Crippen LogP contribution in [0.5, 0.6) is 0 Å². The number of allylic oxidation sites excluding steroid dienone is 3. The van der Waals surface area contributed by atoms with Gasteiger partial charge in [0.2, 0.25) is 0 Å². The summed E-state index contributed by atoms with van der Waals surface area (Å²) in [6.45, 7) is 10.0. The monoisotopic (exact) mass is 170 g/mol. The van der Waals surface area contributed by atoms with Crippen LogP contribution in [0.15, 0.2) is 36.7 Å². The van der Waals surface area contributed by atoms with Crippen molar-refractivity contribution in [2.75, 3.05) is 13.2 Å². The van der Waals surface area contributed by atoms with Crippen molar-refractivity contribution < 1.29 is 9.13 Å². The minimum Gasteiger partial charge on any atom is -0.377 e. The predicted octanol–water partition coefficient (Wildman–Crippen LogP) is 3.01. The number of hydrogen-bond donors (Lipinski definition) is 0. The summed E-state index contributed by atoms with van der Waals surface area (Å²) in [5.41, 5.74) is 0.743. The third-order valence-electron chi connectivity index (χ3n) is 1.23. The predicted molar refractivity (Wildman–Crippen MR) is 49.6 cm³/mol. The van der Waals surface area contributed by atoms with Gasteiger partial charge in [-0.25, -0.2) is 4.39 Å². The molecule has 0 atom stereocenters. The molecule has 0 spiro atoms. The van der Waals surface area contributed by atoms with Gasteiger partial charge in [0.05, 0.1) is 6.61 Å². The highest BCUT2D eigenvalue weighted by Gasteiger charge is 1.97. The van der Waals surface area contributed by atoms with Crippen molar-refractivity contribution in [2.24, 2.45) is 0 Å². The highest BCUT2D eigenvalue weighted by Crippen LogP contribution is 2.10. The molecule has 0 aromatic heterocycles. The summed E-state index contributed by atoms with van der Waals surface area (Å²) in [6.07, 6.45) is 2.99. The zero-order valence-corrected chi connectivity index (χ0v) is 7.48. The molecule has 12 heavy (non-hydrogen) atoms. The van der Waals surface area contributed by atoms with E-state index in [1.165, 1.54) is 12.2 Å². The van der Waals surface area contributed by atoms with Crippen molar-refractivity contribution in [2.45, 2.75) is 13.3 Å². The van der Waals surface area contributed by atoms with Gasteiger partial charge in [0, 0.05) is 13.0 Å². The average Bonchev–Trinajstić information content (AvgIpc) is 2.01. The average molecular weight is 170 g/mol. The van der Waals surface area contributed by atoms with E-state index in [1.54, 1.807) is 0 Å². The molecular weight excluding hydrogens is 155 g/mol. The first-order valence-corrected chi connectivity index (χ1v) is 3.92. The third kappa shape index (κ3) is 5.86. The molecular formula is C10H15FO. The Hall–Kier alpha value is -0.890. The Labute approximate surface area is 73.2 Å². The minimum absolute atomic E-state index is 0.227. The fraction of sp³-hybridized carbons (Fsp3) is 0.400. The van der Waals surface area contributed by atoms with Crippen molar-refractivity contribution in [3.63, 3.8) is 0 Å². The van der Waals surface area contributed by atoms with Crippen LogP contribution in [0, 0.1) is 0 Å². The summed E-state index contributed by atoms with van der Waals surface area (Å²) >= 11 is 0. The molecule has 0 unspecified atom stereocenters. The molecule has 0 bridgehead atoms. The van der Waals surface area contributed by atoms with Crippen LogP contribution in [0.1, 0.15) is 13.3 Å². The van der Waals surface area contributed by atoms with Gasteiger partial charge in [-0.1, -0.05) is 19.2 Å².